The van der Waals surface area contributed by atoms with E-state index in [1.54, 1.807) is 0 Å². The summed E-state index contributed by atoms with van der Waals surface area (Å²) in [4.78, 5) is 0. The van der Waals surface area contributed by atoms with Gasteiger partial charge in [-0.15, -0.1) is 0 Å². The smallest absolute Gasteiger partial charge is 0.0653 e. The number of nitrogens with zero attached hydrogens (tertiary/aromatic N) is 1. The zero-order valence-electron chi connectivity index (χ0n) is 10.8. The number of aromatic nitrogens is 2. The van der Waals surface area contributed by atoms with Crippen molar-refractivity contribution in [3.05, 3.63) is 30.0 Å². The fraction of sp³-hybridized carbons (Fsp3) is 0.462. The van der Waals surface area contributed by atoms with Gasteiger partial charge in [0, 0.05) is 19.2 Å². The lowest BCUT2D eigenvalue weighted by molar-refractivity contribution is 1.12. The van der Waals surface area contributed by atoms with Gasteiger partial charge in [-0.2, -0.15) is 16.9 Å². The van der Waals surface area contributed by atoms with E-state index in [9.17, 15) is 0 Å². The molecule has 0 amide bonds. The molecule has 0 atom stereocenters. The van der Waals surface area contributed by atoms with E-state index in [1.165, 1.54) is 22.7 Å². The number of aromatic amines is 1. The zero-order valence-corrected chi connectivity index (χ0v) is 12.6. The van der Waals surface area contributed by atoms with Crippen LogP contribution in [0.5, 0.6) is 0 Å². The zero-order chi connectivity index (χ0) is 12.3. The van der Waals surface area contributed by atoms with Gasteiger partial charge < -0.3 is 0 Å². The topological polar surface area (TPSA) is 28.7 Å². The third-order valence-corrected chi connectivity index (χ3v) is 5.91. The van der Waals surface area contributed by atoms with Crippen molar-refractivity contribution in [1.29, 1.82) is 0 Å². The van der Waals surface area contributed by atoms with E-state index < -0.39 is 8.07 Å². The average molecular weight is 264 g/mol. The second kappa shape index (κ2) is 5.27. The first-order valence-electron chi connectivity index (χ1n) is 6.04. The van der Waals surface area contributed by atoms with Gasteiger partial charge in [-0.3, -0.25) is 5.10 Å². The summed E-state index contributed by atoms with van der Waals surface area (Å²) in [6.07, 6.45) is 1.87. The van der Waals surface area contributed by atoms with Crippen LogP contribution < -0.4 is 0 Å². The molecule has 0 saturated carbocycles. The molecule has 0 aliphatic carbocycles. The SMILES string of the molecule is C[Si](C)(C)CCSCc1ccc2cn[nH]c2c1. The van der Waals surface area contributed by atoms with Crippen LogP contribution >= 0.6 is 11.8 Å². The Kier molecular flexibility index (Phi) is 3.94. The van der Waals surface area contributed by atoms with Crippen molar-refractivity contribution in [3.63, 3.8) is 0 Å². The number of benzene rings is 1. The average Bonchev–Trinajstić information content (AvgIpc) is 2.70. The van der Waals surface area contributed by atoms with Gasteiger partial charge in [0.1, 0.15) is 0 Å². The Hall–Kier alpha value is -0.743. The molecule has 1 aromatic heterocycles. The summed E-state index contributed by atoms with van der Waals surface area (Å²) in [5.41, 5.74) is 2.54. The summed E-state index contributed by atoms with van der Waals surface area (Å²) in [7, 11) is -0.865. The van der Waals surface area contributed by atoms with Crippen LogP contribution in [0.25, 0.3) is 10.9 Å². The van der Waals surface area contributed by atoms with E-state index in [4.69, 9.17) is 0 Å². The molecule has 0 radical (unpaired) electrons. The van der Waals surface area contributed by atoms with Crippen LogP contribution in [0.1, 0.15) is 5.56 Å². The van der Waals surface area contributed by atoms with Crippen LogP contribution in [-0.2, 0) is 5.75 Å². The lowest BCUT2D eigenvalue weighted by atomic mass is 10.2. The number of rotatable bonds is 5. The highest BCUT2D eigenvalue weighted by atomic mass is 32.2. The molecular weight excluding hydrogens is 244 g/mol. The van der Waals surface area contributed by atoms with Gasteiger partial charge in [-0.05, 0) is 23.4 Å². The molecular formula is C13H20N2SSi. The third kappa shape index (κ3) is 3.89. The van der Waals surface area contributed by atoms with Crippen LogP contribution in [0.3, 0.4) is 0 Å². The maximum absolute atomic E-state index is 4.04. The Bertz CT molecular complexity index is 487. The van der Waals surface area contributed by atoms with Crippen LogP contribution in [-0.4, -0.2) is 24.0 Å². The normalized spacial score (nSPS) is 12.2. The Labute approximate surface area is 108 Å². The summed E-state index contributed by atoms with van der Waals surface area (Å²) in [5.74, 6) is 2.40. The molecule has 1 aromatic carbocycles. The van der Waals surface area contributed by atoms with E-state index >= 15 is 0 Å². The minimum Gasteiger partial charge on any atom is -0.278 e. The van der Waals surface area contributed by atoms with E-state index in [2.05, 4.69) is 48.0 Å². The van der Waals surface area contributed by atoms with Crippen molar-refractivity contribution >= 4 is 30.7 Å². The van der Waals surface area contributed by atoms with Crippen LogP contribution in [0.15, 0.2) is 24.4 Å². The highest BCUT2D eigenvalue weighted by Crippen LogP contribution is 2.20. The Balaban J connectivity index is 1.86. The lowest BCUT2D eigenvalue weighted by Crippen LogP contribution is -2.19. The van der Waals surface area contributed by atoms with E-state index in [1.807, 2.05) is 18.0 Å². The largest absolute Gasteiger partial charge is 0.278 e. The number of fused-ring (bicyclic) bond motifs is 1. The fourth-order valence-electron chi connectivity index (χ4n) is 1.64. The molecule has 2 aromatic rings. The molecule has 2 rings (SSSR count). The number of hydrogen-bond donors (Lipinski definition) is 1. The first-order valence-corrected chi connectivity index (χ1v) is 10.9. The fourth-order valence-corrected chi connectivity index (χ4v) is 5.23. The van der Waals surface area contributed by atoms with Crippen molar-refractivity contribution in [2.24, 2.45) is 0 Å². The van der Waals surface area contributed by atoms with Gasteiger partial charge in [0.15, 0.2) is 0 Å². The Morgan fingerprint density at radius 1 is 1.29 bits per heavy atom. The van der Waals surface area contributed by atoms with Crippen molar-refractivity contribution in [1.82, 2.24) is 10.2 Å². The third-order valence-electron chi connectivity index (χ3n) is 2.77. The van der Waals surface area contributed by atoms with Crippen molar-refractivity contribution in [2.45, 2.75) is 31.4 Å². The first kappa shape index (κ1) is 12.7. The number of thioether (sulfide) groups is 1. The van der Waals surface area contributed by atoms with Crippen molar-refractivity contribution < 1.29 is 0 Å². The molecule has 1 heterocycles. The highest BCUT2D eigenvalue weighted by molar-refractivity contribution is 7.98. The molecule has 0 aliphatic rings. The standard InChI is InChI=1S/C13H20N2SSi/c1-17(2,3)7-6-16-10-11-4-5-12-9-14-15-13(12)8-11/h4-5,8-9H,6-7,10H2,1-3H3,(H,14,15). The van der Waals surface area contributed by atoms with Crippen molar-refractivity contribution in [2.75, 3.05) is 5.75 Å². The quantitative estimate of drug-likeness (QED) is 0.649. The summed E-state index contributed by atoms with van der Waals surface area (Å²) in [5, 5.41) is 8.26. The molecule has 0 aliphatic heterocycles. The molecule has 17 heavy (non-hydrogen) atoms. The predicted molar refractivity (Wildman–Crippen MR) is 80.4 cm³/mol. The van der Waals surface area contributed by atoms with Gasteiger partial charge >= 0.3 is 0 Å². The van der Waals surface area contributed by atoms with Gasteiger partial charge in [0.2, 0.25) is 0 Å². The summed E-state index contributed by atoms with van der Waals surface area (Å²) < 4.78 is 0. The van der Waals surface area contributed by atoms with Crippen LogP contribution in [0, 0.1) is 0 Å². The second-order valence-corrected chi connectivity index (χ2v) is 12.4. The maximum atomic E-state index is 4.04. The van der Waals surface area contributed by atoms with E-state index in [0.717, 1.165) is 11.3 Å². The minimum atomic E-state index is -0.865. The Morgan fingerprint density at radius 2 is 2.12 bits per heavy atom. The summed E-state index contributed by atoms with van der Waals surface area (Å²) in [6, 6.07) is 7.97. The second-order valence-electron chi connectivity index (χ2n) is 5.65. The minimum absolute atomic E-state index is 0.865. The molecule has 0 saturated heterocycles. The monoisotopic (exact) mass is 264 g/mol. The molecule has 0 bridgehead atoms. The van der Waals surface area contributed by atoms with Crippen molar-refractivity contribution in [3.8, 4) is 0 Å². The van der Waals surface area contributed by atoms with Gasteiger partial charge in [-0.25, -0.2) is 0 Å². The number of H-pyrrole nitrogens is 1. The lowest BCUT2D eigenvalue weighted by Gasteiger charge is -2.14. The van der Waals surface area contributed by atoms with Gasteiger partial charge in [-0.1, -0.05) is 31.8 Å². The predicted octanol–water partition coefficient (Wildman–Crippen LogP) is 4.13. The molecule has 4 heteroatoms. The van der Waals surface area contributed by atoms with Gasteiger partial charge in [0.05, 0.1) is 11.7 Å². The van der Waals surface area contributed by atoms with Crippen LogP contribution in [0.2, 0.25) is 25.7 Å². The van der Waals surface area contributed by atoms with Crippen LogP contribution in [0.4, 0.5) is 0 Å². The molecule has 2 nitrogen and oxygen atoms in total. The van der Waals surface area contributed by atoms with E-state index in [-0.39, 0.29) is 0 Å². The Morgan fingerprint density at radius 3 is 2.88 bits per heavy atom. The van der Waals surface area contributed by atoms with Gasteiger partial charge in [0.25, 0.3) is 0 Å². The summed E-state index contributed by atoms with van der Waals surface area (Å²) >= 11 is 2.04. The number of nitrogens with one attached hydrogen (secondary N) is 1. The molecule has 92 valence electrons. The summed E-state index contributed by atoms with van der Waals surface area (Å²) in [6.45, 7) is 7.30. The van der Waals surface area contributed by atoms with E-state index in [0.29, 0.717) is 0 Å². The molecule has 0 spiro atoms. The number of hydrogen-bond acceptors (Lipinski definition) is 2. The maximum Gasteiger partial charge on any atom is 0.0653 e. The molecule has 0 fully saturated rings. The molecule has 1 N–H and O–H groups in total. The first-order chi connectivity index (χ1) is 8.04. The molecule has 0 unspecified atom stereocenters. The highest BCUT2D eigenvalue weighted by Gasteiger charge is 2.11.